The van der Waals surface area contributed by atoms with Gasteiger partial charge in [-0.05, 0) is 70.5 Å². The fourth-order valence-electron chi connectivity index (χ4n) is 2.57. The van der Waals surface area contributed by atoms with Crippen molar-refractivity contribution in [3.8, 4) is 11.5 Å². The first-order valence-corrected chi connectivity index (χ1v) is 10.1. The number of ether oxygens (including phenoxy) is 1. The number of nitrogens with zero attached hydrogens (tertiary/aromatic N) is 1. The molecule has 1 aliphatic heterocycles. The van der Waals surface area contributed by atoms with Gasteiger partial charge >= 0.3 is 0 Å². The maximum atomic E-state index is 14.0. The average molecular weight is 487 g/mol. The summed E-state index contributed by atoms with van der Waals surface area (Å²) in [6.07, 6.45) is 1.51. The molecule has 0 aliphatic carbocycles. The van der Waals surface area contributed by atoms with Crippen molar-refractivity contribution in [1.82, 2.24) is 4.90 Å². The van der Waals surface area contributed by atoms with Crippen LogP contribution in [0.2, 0.25) is 5.02 Å². The molecule has 5 nitrogen and oxygen atoms in total. The van der Waals surface area contributed by atoms with Gasteiger partial charge in [0.15, 0.2) is 11.5 Å². The molecule has 0 aromatic heterocycles. The highest BCUT2D eigenvalue weighted by Crippen LogP contribution is 2.39. The van der Waals surface area contributed by atoms with Crippen LogP contribution in [0.3, 0.4) is 0 Å². The zero-order valence-electron chi connectivity index (χ0n) is 14.5. The Bertz CT molecular complexity index is 978. The maximum Gasteiger partial charge on any atom is 0.293 e. The van der Waals surface area contributed by atoms with Gasteiger partial charge in [-0.3, -0.25) is 14.5 Å². The lowest BCUT2D eigenvalue weighted by molar-refractivity contribution is -0.123. The van der Waals surface area contributed by atoms with Gasteiger partial charge in [0, 0.05) is 10.6 Å². The summed E-state index contributed by atoms with van der Waals surface area (Å²) >= 11 is 9.98. The van der Waals surface area contributed by atoms with Gasteiger partial charge in [-0.2, -0.15) is 0 Å². The molecule has 0 radical (unpaired) electrons. The smallest absolute Gasteiger partial charge is 0.293 e. The molecule has 2 aromatic carbocycles. The second-order valence-corrected chi connectivity index (χ2v) is 8.01. The Morgan fingerprint density at radius 3 is 2.79 bits per heavy atom. The van der Waals surface area contributed by atoms with E-state index in [0.717, 1.165) is 16.7 Å². The molecule has 0 spiro atoms. The number of phenols is 1. The van der Waals surface area contributed by atoms with Gasteiger partial charge in [-0.15, -0.1) is 0 Å². The lowest BCUT2D eigenvalue weighted by Crippen LogP contribution is -2.28. The predicted molar refractivity (Wildman–Crippen MR) is 110 cm³/mol. The molecule has 1 N–H and O–H groups in total. The molecule has 0 unspecified atom stereocenters. The number of rotatable bonds is 5. The number of phenolic OH excluding ortho intramolecular Hbond substituents is 1. The monoisotopic (exact) mass is 485 g/mol. The van der Waals surface area contributed by atoms with Crippen LogP contribution in [-0.2, 0) is 11.3 Å². The summed E-state index contributed by atoms with van der Waals surface area (Å²) in [5, 5.41) is 9.62. The Labute approximate surface area is 178 Å². The Hall–Kier alpha value is -2.03. The number of benzene rings is 2. The van der Waals surface area contributed by atoms with E-state index in [-0.39, 0.29) is 33.5 Å². The van der Waals surface area contributed by atoms with Crippen molar-refractivity contribution < 1.29 is 23.8 Å². The van der Waals surface area contributed by atoms with Crippen LogP contribution in [0.4, 0.5) is 9.18 Å². The molecule has 1 saturated heterocycles. The van der Waals surface area contributed by atoms with Crippen LogP contribution in [0.1, 0.15) is 18.1 Å². The number of hydrogen-bond donors (Lipinski definition) is 1. The number of carbonyl (C=O) groups excluding carboxylic acids is 2. The first kappa shape index (κ1) is 20.7. The molecule has 1 aliphatic rings. The highest BCUT2D eigenvalue weighted by molar-refractivity contribution is 9.10. The molecule has 146 valence electrons. The summed E-state index contributed by atoms with van der Waals surface area (Å²) in [4.78, 5) is 26.1. The predicted octanol–water partition coefficient (Wildman–Crippen LogP) is 5.58. The molecule has 28 heavy (non-hydrogen) atoms. The van der Waals surface area contributed by atoms with Crippen molar-refractivity contribution in [2.75, 3.05) is 6.61 Å². The van der Waals surface area contributed by atoms with E-state index in [2.05, 4.69) is 15.9 Å². The fourth-order valence-corrected chi connectivity index (χ4v) is 4.09. The summed E-state index contributed by atoms with van der Waals surface area (Å²) < 4.78 is 19.8. The number of amides is 2. The third-order valence-electron chi connectivity index (χ3n) is 3.90. The standard InChI is InChI=1S/C19H14BrClFNO4S/c1-2-27-15-7-10(6-12(20)17(15)24)8-16-18(25)23(19(26)28-16)9-11-13(21)4-3-5-14(11)22/h3-8,24H,2,9H2,1H3/b16-8+. The van der Waals surface area contributed by atoms with E-state index in [4.69, 9.17) is 16.3 Å². The van der Waals surface area contributed by atoms with Gasteiger partial charge in [-0.25, -0.2) is 4.39 Å². The molecule has 2 aromatic rings. The van der Waals surface area contributed by atoms with Gasteiger partial charge < -0.3 is 9.84 Å². The molecule has 1 fully saturated rings. The largest absolute Gasteiger partial charge is 0.503 e. The van der Waals surface area contributed by atoms with E-state index in [1.807, 2.05) is 0 Å². The van der Waals surface area contributed by atoms with Gasteiger partial charge in [0.2, 0.25) is 0 Å². The van der Waals surface area contributed by atoms with Gasteiger partial charge in [-0.1, -0.05) is 17.7 Å². The van der Waals surface area contributed by atoms with Crippen molar-refractivity contribution in [2.24, 2.45) is 0 Å². The van der Waals surface area contributed by atoms with Crippen molar-refractivity contribution in [3.05, 3.63) is 61.7 Å². The van der Waals surface area contributed by atoms with Crippen LogP contribution in [0, 0.1) is 5.82 Å². The van der Waals surface area contributed by atoms with Gasteiger partial charge in [0.25, 0.3) is 11.1 Å². The van der Waals surface area contributed by atoms with E-state index in [1.165, 1.54) is 24.3 Å². The number of imide groups is 1. The summed E-state index contributed by atoms with van der Waals surface area (Å²) in [6.45, 7) is 1.87. The highest BCUT2D eigenvalue weighted by Gasteiger charge is 2.36. The molecule has 9 heteroatoms. The summed E-state index contributed by atoms with van der Waals surface area (Å²) in [6, 6.07) is 7.33. The highest BCUT2D eigenvalue weighted by atomic mass is 79.9. The average Bonchev–Trinajstić information content (AvgIpc) is 2.89. The third kappa shape index (κ3) is 4.19. The lowest BCUT2D eigenvalue weighted by atomic mass is 10.1. The summed E-state index contributed by atoms with van der Waals surface area (Å²) in [7, 11) is 0. The number of aromatic hydroxyl groups is 1. The van der Waals surface area contributed by atoms with Crippen molar-refractivity contribution in [2.45, 2.75) is 13.5 Å². The van der Waals surface area contributed by atoms with E-state index >= 15 is 0 Å². The van der Waals surface area contributed by atoms with Crippen LogP contribution < -0.4 is 4.74 Å². The summed E-state index contributed by atoms with van der Waals surface area (Å²) in [5.74, 6) is -0.933. The van der Waals surface area contributed by atoms with Crippen molar-refractivity contribution >= 4 is 56.5 Å². The molecule has 2 amide bonds. The Morgan fingerprint density at radius 2 is 2.11 bits per heavy atom. The molecule has 1 heterocycles. The molecule has 0 atom stereocenters. The zero-order chi connectivity index (χ0) is 20.4. The quantitative estimate of drug-likeness (QED) is 0.559. The van der Waals surface area contributed by atoms with Gasteiger partial charge in [0.1, 0.15) is 5.82 Å². The maximum absolute atomic E-state index is 14.0. The van der Waals surface area contributed by atoms with E-state index in [1.54, 1.807) is 19.1 Å². The van der Waals surface area contributed by atoms with Crippen molar-refractivity contribution in [3.63, 3.8) is 0 Å². The van der Waals surface area contributed by atoms with E-state index in [0.29, 0.717) is 16.6 Å². The minimum absolute atomic E-state index is 0.0544. The van der Waals surface area contributed by atoms with E-state index in [9.17, 15) is 19.1 Å². The van der Waals surface area contributed by atoms with Crippen molar-refractivity contribution in [1.29, 1.82) is 0 Å². The SMILES string of the molecule is CCOc1cc(/C=C2/SC(=O)N(Cc3c(F)cccc3Cl)C2=O)cc(Br)c1O. The molecule has 3 rings (SSSR count). The van der Waals surface area contributed by atoms with Crippen LogP contribution >= 0.6 is 39.3 Å². The first-order chi connectivity index (χ1) is 13.3. The zero-order valence-corrected chi connectivity index (χ0v) is 17.7. The second kappa shape index (κ2) is 8.55. The normalized spacial score (nSPS) is 15.6. The third-order valence-corrected chi connectivity index (χ3v) is 5.77. The Kier molecular flexibility index (Phi) is 6.32. The van der Waals surface area contributed by atoms with Crippen LogP contribution in [0.15, 0.2) is 39.7 Å². The van der Waals surface area contributed by atoms with Gasteiger partial charge in [0.05, 0.1) is 22.5 Å². The van der Waals surface area contributed by atoms with E-state index < -0.39 is 17.0 Å². The first-order valence-electron chi connectivity index (χ1n) is 8.15. The van der Waals surface area contributed by atoms with Crippen LogP contribution in [-0.4, -0.2) is 27.8 Å². The Balaban J connectivity index is 1.89. The second-order valence-electron chi connectivity index (χ2n) is 5.75. The van der Waals surface area contributed by atoms with Crippen LogP contribution in [0.5, 0.6) is 11.5 Å². The minimum atomic E-state index is -0.584. The number of thioether (sulfide) groups is 1. The Morgan fingerprint density at radius 1 is 1.36 bits per heavy atom. The number of hydrogen-bond acceptors (Lipinski definition) is 5. The molecular formula is C19H14BrClFNO4S. The minimum Gasteiger partial charge on any atom is -0.503 e. The summed E-state index contributed by atoms with van der Waals surface area (Å²) in [5.41, 5.74) is 0.640. The topological polar surface area (TPSA) is 66.8 Å². The molecular weight excluding hydrogens is 473 g/mol. The number of carbonyl (C=O) groups is 2. The van der Waals surface area contributed by atoms with Crippen LogP contribution in [0.25, 0.3) is 6.08 Å². The fraction of sp³-hybridized carbons (Fsp3) is 0.158. The lowest BCUT2D eigenvalue weighted by Gasteiger charge is -2.14. The molecule has 0 saturated carbocycles. The molecule has 0 bridgehead atoms. The number of halogens is 3.